The molecule has 0 saturated carbocycles. The minimum atomic E-state index is 0.587. The van der Waals surface area contributed by atoms with Gasteiger partial charge in [-0.3, -0.25) is 9.97 Å². The first-order valence-electron chi connectivity index (χ1n) is 15.8. The number of hydrogen-bond acceptors (Lipinski definition) is 4. The molecule has 49 heavy (non-hydrogen) atoms. The minimum absolute atomic E-state index is 0.587. The van der Waals surface area contributed by atoms with Crippen molar-refractivity contribution in [2.45, 2.75) is 6.92 Å². The van der Waals surface area contributed by atoms with E-state index in [1.165, 1.54) is 0 Å². The third-order valence-electron chi connectivity index (χ3n) is 8.65. The van der Waals surface area contributed by atoms with Crippen molar-refractivity contribution in [2.75, 3.05) is 0 Å². The van der Waals surface area contributed by atoms with Crippen LogP contribution in [0.2, 0.25) is 0 Å². The van der Waals surface area contributed by atoms with E-state index >= 15 is 0 Å². The van der Waals surface area contributed by atoms with Crippen molar-refractivity contribution in [3.8, 4) is 39.9 Å². The summed E-state index contributed by atoms with van der Waals surface area (Å²) in [6, 6.07) is 46.4. The smallest absolute Gasteiger partial charge is 0.261 e. The zero-order valence-corrected chi connectivity index (χ0v) is 28.5. The summed E-state index contributed by atoms with van der Waals surface area (Å²) >= 11 is 2.39. The SMILES string of the molecule is Cc1cc(-n2c3[c-]c(Oc4[c-]c(-n5[c](=[Pt])n(-c6ccccc6)c6ccccc65)ccc4)ccc3c3ccccc32)ncc1-c1cnccn1. The topological polar surface area (TPSA) is 62.7 Å². The zero-order chi connectivity index (χ0) is 32.9. The summed E-state index contributed by atoms with van der Waals surface area (Å²) in [6.07, 6.45) is 6.99. The maximum atomic E-state index is 6.50. The van der Waals surface area contributed by atoms with E-state index in [1.807, 2.05) is 36.5 Å². The fourth-order valence-electron chi connectivity index (χ4n) is 6.45. The molecule has 0 aliphatic carbocycles. The van der Waals surface area contributed by atoms with Crippen LogP contribution in [0.15, 0.2) is 140 Å². The molecule has 9 aromatic rings. The van der Waals surface area contributed by atoms with E-state index < -0.39 is 0 Å². The van der Waals surface area contributed by atoms with Gasteiger partial charge in [-0.1, -0.05) is 12.1 Å². The predicted molar refractivity (Wildman–Crippen MR) is 188 cm³/mol. The summed E-state index contributed by atoms with van der Waals surface area (Å²) in [5.41, 5.74) is 8.88. The molecule has 4 heterocycles. The van der Waals surface area contributed by atoms with Crippen molar-refractivity contribution in [1.29, 1.82) is 0 Å². The van der Waals surface area contributed by atoms with Gasteiger partial charge in [-0.25, -0.2) is 0 Å². The quantitative estimate of drug-likeness (QED) is 0.157. The van der Waals surface area contributed by atoms with Crippen LogP contribution in [0.4, 0.5) is 0 Å². The maximum absolute atomic E-state index is 6.50. The molecule has 8 heteroatoms. The second-order valence-electron chi connectivity index (χ2n) is 11.6. The molecular formula is C41H26N6OPt-2. The molecule has 5 aromatic carbocycles. The number of imidazole rings is 1. The molecule has 9 rings (SSSR count). The normalized spacial score (nSPS) is 11.5. The number of benzene rings is 5. The van der Waals surface area contributed by atoms with Crippen LogP contribution in [0.3, 0.4) is 0 Å². The molecule has 0 fully saturated rings. The van der Waals surface area contributed by atoms with Gasteiger partial charge in [0.15, 0.2) is 0 Å². The van der Waals surface area contributed by atoms with Crippen LogP contribution in [-0.4, -0.2) is 28.7 Å². The number of aryl methyl sites for hydroxylation is 1. The summed E-state index contributed by atoms with van der Waals surface area (Å²) < 4.78 is 14.1. The number of nitrogens with zero attached hydrogens (tertiary/aromatic N) is 6. The van der Waals surface area contributed by atoms with Crippen molar-refractivity contribution in [3.63, 3.8) is 0 Å². The van der Waals surface area contributed by atoms with Crippen LogP contribution in [-0.2, 0) is 19.4 Å². The van der Waals surface area contributed by atoms with Crippen molar-refractivity contribution in [2.24, 2.45) is 0 Å². The van der Waals surface area contributed by atoms with E-state index in [9.17, 15) is 0 Å². The summed E-state index contributed by atoms with van der Waals surface area (Å²) in [4.78, 5) is 13.6. The van der Waals surface area contributed by atoms with Crippen LogP contribution >= 0.6 is 0 Å². The van der Waals surface area contributed by atoms with Gasteiger partial charge in [0, 0.05) is 24.2 Å². The molecule has 0 amide bonds. The monoisotopic (exact) mass is 813 g/mol. The van der Waals surface area contributed by atoms with Gasteiger partial charge in [0.25, 0.3) is 0 Å². The molecule has 0 saturated heterocycles. The predicted octanol–water partition coefficient (Wildman–Crippen LogP) is 9.15. The van der Waals surface area contributed by atoms with Gasteiger partial charge in [-0.2, -0.15) is 0 Å². The minimum Gasteiger partial charge on any atom is -0.261 e. The van der Waals surface area contributed by atoms with Crippen LogP contribution < -0.4 is 4.74 Å². The van der Waals surface area contributed by atoms with Crippen LogP contribution in [0.5, 0.6) is 11.5 Å². The first-order chi connectivity index (χ1) is 24.1. The van der Waals surface area contributed by atoms with Crippen LogP contribution in [0.1, 0.15) is 5.56 Å². The van der Waals surface area contributed by atoms with E-state index in [2.05, 4.69) is 147 Å². The van der Waals surface area contributed by atoms with Gasteiger partial charge < -0.3 is 0 Å². The van der Waals surface area contributed by atoms with Crippen LogP contribution in [0, 0.1) is 22.9 Å². The van der Waals surface area contributed by atoms with E-state index in [0.29, 0.717) is 11.5 Å². The molecule has 0 radical (unpaired) electrons. The van der Waals surface area contributed by atoms with Crippen LogP contribution in [0.25, 0.3) is 61.3 Å². The Labute approximate surface area is 292 Å². The Morgan fingerprint density at radius 3 is 2.18 bits per heavy atom. The van der Waals surface area contributed by atoms with Gasteiger partial charge in [0.2, 0.25) is 0 Å². The summed E-state index contributed by atoms with van der Waals surface area (Å²) in [5, 5.41) is 2.18. The number of hydrogen-bond donors (Lipinski definition) is 0. The molecule has 0 unspecified atom stereocenters. The summed E-state index contributed by atoms with van der Waals surface area (Å²) in [6.45, 7) is 2.07. The molecule has 0 aliphatic rings. The summed E-state index contributed by atoms with van der Waals surface area (Å²) in [5.74, 6) is 1.97. The first-order valence-corrected chi connectivity index (χ1v) is 16.9. The number of rotatable bonds is 6. The molecule has 0 spiro atoms. The molecule has 0 aliphatic heterocycles. The average molecular weight is 814 g/mol. The average Bonchev–Trinajstić information content (AvgIpc) is 3.63. The molecule has 0 N–H and O–H groups in total. The standard InChI is InChI=1S/C41H26N6O.Pt/c1-28-22-41(44-25-35(28)36-26-42-20-21-43-36)47-37-15-6-5-14-33(37)34-19-18-32(24-40(34)47)48-31-13-9-12-30(23-31)46-27-45(29-10-3-2-4-11-29)38-16-7-8-17-39(38)46;/h2-22,25-26H,1H3;/q-2;. The van der Waals surface area contributed by atoms with E-state index in [4.69, 9.17) is 9.72 Å². The Morgan fingerprint density at radius 1 is 0.633 bits per heavy atom. The number of fused-ring (bicyclic) bond motifs is 4. The van der Waals surface area contributed by atoms with Crippen molar-refractivity contribution in [1.82, 2.24) is 28.7 Å². The third-order valence-corrected chi connectivity index (χ3v) is 9.67. The molecule has 7 nitrogen and oxygen atoms in total. The molecule has 0 bridgehead atoms. The van der Waals surface area contributed by atoms with E-state index in [1.54, 1.807) is 18.6 Å². The number of para-hydroxylation sites is 4. The fourth-order valence-corrected chi connectivity index (χ4v) is 7.56. The Hall–Kier alpha value is -5.91. The number of ether oxygens (including phenoxy) is 1. The van der Waals surface area contributed by atoms with Crippen molar-refractivity contribution < 1.29 is 24.1 Å². The van der Waals surface area contributed by atoms with Crippen molar-refractivity contribution >= 4 is 32.8 Å². The first kappa shape index (κ1) is 29.2. The molecular weight excluding hydrogens is 788 g/mol. The number of pyridine rings is 1. The second kappa shape index (κ2) is 12.0. The molecule has 0 atom stereocenters. The van der Waals surface area contributed by atoms with Gasteiger partial charge in [-0.05, 0) is 12.5 Å². The molecule has 4 aromatic heterocycles. The zero-order valence-electron chi connectivity index (χ0n) is 26.2. The van der Waals surface area contributed by atoms with Gasteiger partial charge in [0.1, 0.15) is 0 Å². The fraction of sp³-hybridized carbons (Fsp3) is 0.0244. The van der Waals surface area contributed by atoms with Gasteiger partial charge in [0.05, 0.1) is 11.9 Å². The Balaban J connectivity index is 1.13. The van der Waals surface area contributed by atoms with E-state index in [-0.39, 0.29) is 0 Å². The van der Waals surface area contributed by atoms with Crippen molar-refractivity contribution in [3.05, 3.63) is 162 Å². The third kappa shape index (κ3) is 5.02. The Kier molecular flexibility index (Phi) is 7.14. The van der Waals surface area contributed by atoms with E-state index in [0.717, 1.165) is 70.7 Å². The van der Waals surface area contributed by atoms with Gasteiger partial charge >= 0.3 is 223 Å². The number of aromatic nitrogens is 6. The second-order valence-corrected chi connectivity index (χ2v) is 12.6. The Morgan fingerprint density at radius 2 is 1.39 bits per heavy atom. The summed E-state index contributed by atoms with van der Waals surface area (Å²) in [7, 11) is 0. The molecule has 238 valence electrons. The van der Waals surface area contributed by atoms with Gasteiger partial charge in [-0.15, -0.1) is 0 Å². The Bertz CT molecular complexity index is 2730.